The number of anilines is 1. The number of ether oxygens (including phenoxy) is 3. The number of pyridine rings is 2. The Kier molecular flexibility index (Phi) is 7.66. The molecule has 9 nitrogen and oxygen atoms in total. The fraction of sp³-hybridized carbons (Fsp3) is 0.143. The molecule has 5 rings (SSSR count). The van der Waals surface area contributed by atoms with Crippen molar-refractivity contribution in [3.63, 3.8) is 0 Å². The van der Waals surface area contributed by atoms with Gasteiger partial charge in [0.25, 0.3) is 5.91 Å². The van der Waals surface area contributed by atoms with Crippen LogP contribution in [0.2, 0.25) is 5.02 Å². The molecule has 0 fully saturated rings. The lowest BCUT2D eigenvalue weighted by Crippen LogP contribution is -2.18. The summed E-state index contributed by atoms with van der Waals surface area (Å²) in [6.07, 6.45) is -5.32. The van der Waals surface area contributed by atoms with Crippen LogP contribution in [0.15, 0.2) is 72.9 Å². The molecule has 0 radical (unpaired) electrons. The first kappa shape index (κ1) is 27.7. The Balaban J connectivity index is 1.27. The number of fused-ring (bicyclic) bond motifs is 1. The molecule has 2 aromatic carbocycles. The number of hydrogen-bond acceptors (Lipinski definition) is 7. The standard InChI is InChI=1S/C28H19ClF3N3O6/c29-19-13-18-21(41-27(37)38)9-11-39-22(18)14-23(19)40-17-6-4-15(5-7-17)26(36)35-25-3-1-2-20(34-25)16-8-10-33-24(12-16)28(30,31)32/h1-8,10,12-14,21H,9,11H2,(H,37,38)(H,34,35,36). The zero-order valence-electron chi connectivity index (χ0n) is 20.8. The first-order valence-electron chi connectivity index (χ1n) is 12.0. The van der Waals surface area contributed by atoms with Gasteiger partial charge >= 0.3 is 12.3 Å². The summed E-state index contributed by atoms with van der Waals surface area (Å²) in [7, 11) is 0. The second-order valence-corrected chi connectivity index (χ2v) is 9.15. The predicted octanol–water partition coefficient (Wildman–Crippen LogP) is 7.38. The summed E-state index contributed by atoms with van der Waals surface area (Å²) in [4.78, 5) is 31.4. The molecule has 3 heterocycles. The van der Waals surface area contributed by atoms with Crippen molar-refractivity contribution in [1.82, 2.24) is 9.97 Å². The molecule has 13 heteroatoms. The Bertz CT molecular complexity index is 1610. The summed E-state index contributed by atoms with van der Waals surface area (Å²) >= 11 is 6.36. The fourth-order valence-corrected chi connectivity index (χ4v) is 4.29. The smallest absolute Gasteiger partial charge is 0.493 e. The normalized spacial score (nSPS) is 14.4. The van der Waals surface area contributed by atoms with Gasteiger partial charge in [0.05, 0.1) is 17.3 Å². The highest BCUT2D eigenvalue weighted by atomic mass is 35.5. The number of carbonyl (C=O) groups is 2. The van der Waals surface area contributed by atoms with E-state index in [1.807, 2.05) is 0 Å². The van der Waals surface area contributed by atoms with E-state index >= 15 is 0 Å². The number of hydrogen-bond donors (Lipinski definition) is 2. The molecule has 0 bridgehead atoms. The highest BCUT2D eigenvalue weighted by molar-refractivity contribution is 6.32. The van der Waals surface area contributed by atoms with Crippen molar-refractivity contribution in [1.29, 1.82) is 0 Å². The van der Waals surface area contributed by atoms with Gasteiger partial charge in [0.1, 0.15) is 34.9 Å². The predicted molar refractivity (Wildman–Crippen MR) is 140 cm³/mol. The van der Waals surface area contributed by atoms with Crippen LogP contribution in [0.3, 0.4) is 0 Å². The van der Waals surface area contributed by atoms with E-state index < -0.39 is 30.0 Å². The fourth-order valence-electron chi connectivity index (χ4n) is 4.08. The Morgan fingerprint density at radius 1 is 1.07 bits per heavy atom. The Morgan fingerprint density at radius 2 is 1.85 bits per heavy atom. The summed E-state index contributed by atoms with van der Waals surface area (Å²) in [5, 5.41) is 11.8. The highest BCUT2D eigenvalue weighted by Gasteiger charge is 2.32. The highest BCUT2D eigenvalue weighted by Crippen LogP contribution is 2.42. The molecule has 1 aliphatic rings. The van der Waals surface area contributed by atoms with Crippen LogP contribution < -0.4 is 14.8 Å². The number of halogens is 4. The van der Waals surface area contributed by atoms with Crippen molar-refractivity contribution in [2.24, 2.45) is 0 Å². The largest absolute Gasteiger partial charge is 0.506 e. The molecule has 210 valence electrons. The third-order valence-electron chi connectivity index (χ3n) is 5.97. The van der Waals surface area contributed by atoms with Crippen LogP contribution in [-0.4, -0.2) is 33.7 Å². The zero-order chi connectivity index (χ0) is 29.1. The van der Waals surface area contributed by atoms with Gasteiger partial charge in [-0.05, 0) is 54.6 Å². The molecule has 1 atom stereocenters. The number of nitrogens with one attached hydrogen (secondary N) is 1. The first-order valence-corrected chi connectivity index (χ1v) is 12.4. The number of alkyl halides is 3. The maximum Gasteiger partial charge on any atom is 0.506 e. The zero-order valence-corrected chi connectivity index (χ0v) is 21.6. The molecule has 0 saturated heterocycles. The van der Waals surface area contributed by atoms with Crippen LogP contribution >= 0.6 is 11.6 Å². The third kappa shape index (κ3) is 6.49. The van der Waals surface area contributed by atoms with E-state index in [0.29, 0.717) is 23.5 Å². The van der Waals surface area contributed by atoms with Crippen LogP contribution in [-0.2, 0) is 10.9 Å². The van der Waals surface area contributed by atoms with Crippen LogP contribution in [0.5, 0.6) is 17.2 Å². The number of benzene rings is 2. The van der Waals surface area contributed by atoms with Crippen molar-refractivity contribution in [2.45, 2.75) is 18.7 Å². The van der Waals surface area contributed by atoms with Gasteiger partial charge in [0, 0.05) is 35.4 Å². The number of nitrogens with zero attached hydrogens (tertiary/aromatic N) is 2. The van der Waals surface area contributed by atoms with Gasteiger partial charge in [0.2, 0.25) is 0 Å². The quantitative estimate of drug-likeness (QED) is 0.225. The van der Waals surface area contributed by atoms with Gasteiger partial charge in [0.15, 0.2) is 0 Å². The summed E-state index contributed by atoms with van der Waals surface area (Å²) in [6.45, 7) is 0.255. The minimum absolute atomic E-state index is 0.143. The average Bonchev–Trinajstić information content (AvgIpc) is 2.94. The molecule has 1 aliphatic heterocycles. The van der Waals surface area contributed by atoms with Crippen molar-refractivity contribution in [2.75, 3.05) is 11.9 Å². The van der Waals surface area contributed by atoms with Crippen molar-refractivity contribution in [3.8, 4) is 28.5 Å². The minimum atomic E-state index is -4.60. The summed E-state index contributed by atoms with van der Waals surface area (Å²) in [5.41, 5.74) is 0.133. The molecule has 2 aromatic heterocycles. The minimum Gasteiger partial charge on any atom is -0.493 e. The number of carboxylic acid groups (broad SMARTS) is 1. The molecule has 41 heavy (non-hydrogen) atoms. The maximum atomic E-state index is 13.0. The van der Waals surface area contributed by atoms with Gasteiger partial charge in [-0.1, -0.05) is 17.7 Å². The molecule has 2 N–H and O–H groups in total. The van der Waals surface area contributed by atoms with Gasteiger partial charge in [-0.2, -0.15) is 13.2 Å². The van der Waals surface area contributed by atoms with Gasteiger partial charge in [-0.25, -0.2) is 9.78 Å². The van der Waals surface area contributed by atoms with Crippen molar-refractivity contribution >= 4 is 29.5 Å². The Labute approximate surface area is 235 Å². The molecular formula is C28H19ClF3N3O6. The van der Waals surface area contributed by atoms with E-state index in [2.05, 4.69) is 15.3 Å². The van der Waals surface area contributed by atoms with E-state index in [9.17, 15) is 22.8 Å². The maximum absolute atomic E-state index is 13.0. The van der Waals surface area contributed by atoms with Gasteiger partial charge in [-0.15, -0.1) is 0 Å². The average molecular weight is 586 g/mol. The first-order chi connectivity index (χ1) is 19.6. The third-order valence-corrected chi connectivity index (χ3v) is 6.27. The second-order valence-electron chi connectivity index (χ2n) is 8.75. The van der Waals surface area contributed by atoms with Crippen molar-refractivity contribution < 1.29 is 42.1 Å². The number of amides is 1. The molecule has 0 spiro atoms. The van der Waals surface area contributed by atoms with Crippen molar-refractivity contribution in [3.05, 3.63) is 94.8 Å². The number of aromatic nitrogens is 2. The lowest BCUT2D eigenvalue weighted by molar-refractivity contribution is -0.141. The Hall–Kier alpha value is -4.84. The SMILES string of the molecule is O=C(O)OC1CCOc2cc(Oc3ccc(C(=O)Nc4cccc(-c5ccnc(C(F)(F)F)c5)n4)cc3)c(Cl)cc21. The van der Waals surface area contributed by atoms with Crippen LogP contribution in [0, 0.1) is 0 Å². The summed E-state index contributed by atoms with van der Waals surface area (Å²) in [5.74, 6) is 0.634. The molecule has 0 aliphatic carbocycles. The van der Waals surface area contributed by atoms with Crippen LogP contribution in [0.25, 0.3) is 11.3 Å². The molecular weight excluding hydrogens is 567 g/mol. The van der Waals surface area contributed by atoms with Crippen LogP contribution in [0.4, 0.5) is 23.8 Å². The van der Waals surface area contributed by atoms with Gasteiger partial charge in [-0.3, -0.25) is 9.78 Å². The summed E-state index contributed by atoms with van der Waals surface area (Å²) < 4.78 is 55.4. The monoisotopic (exact) mass is 585 g/mol. The van der Waals surface area contributed by atoms with E-state index in [1.54, 1.807) is 18.2 Å². The van der Waals surface area contributed by atoms with E-state index in [0.717, 1.165) is 12.3 Å². The number of carbonyl (C=O) groups excluding carboxylic acids is 1. The van der Waals surface area contributed by atoms with E-state index in [-0.39, 0.29) is 40.0 Å². The van der Waals surface area contributed by atoms with Gasteiger partial charge < -0.3 is 24.6 Å². The lowest BCUT2D eigenvalue weighted by atomic mass is 10.0. The molecule has 1 amide bonds. The lowest BCUT2D eigenvalue weighted by Gasteiger charge is -2.25. The topological polar surface area (TPSA) is 120 Å². The molecule has 4 aromatic rings. The molecule has 1 unspecified atom stereocenters. The summed E-state index contributed by atoms with van der Waals surface area (Å²) in [6, 6.07) is 16.0. The number of rotatable bonds is 6. The van der Waals surface area contributed by atoms with E-state index in [4.69, 9.17) is 30.9 Å². The van der Waals surface area contributed by atoms with E-state index in [1.165, 1.54) is 42.5 Å². The van der Waals surface area contributed by atoms with Crippen LogP contribution in [0.1, 0.15) is 34.1 Å². The second kappa shape index (κ2) is 11.3. The molecule has 0 saturated carbocycles. The Morgan fingerprint density at radius 3 is 2.59 bits per heavy atom.